The molecule has 0 bridgehead atoms. The van der Waals surface area contributed by atoms with Crippen LogP contribution >= 0.6 is 0 Å². The fraction of sp³-hybridized carbons (Fsp3) is 0.357. The van der Waals surface area contributed by atoms with E-state index in [2.05, 4.69) is 5.10 Å². The van der Waals surface area contributed by atoms with Gasteiger partial charge in [0.15, 0.2) is 0 Å². The Morgan fingerprint density at radius 2 is 2.06 bits per heavy atom. The lowest BCUT2D eigenvalue weighted by Gasteiger charge is -2.12. The van der Waals surface area contributed by atoms with Gasteiger partial charge in [-0.25, -0.2) is 4.39 Å². The van der Waals surface area contributed by atoms with Crippen molar-refractivity contribution < 1.29 is 9.50 Å². The summed E-state index contributed by atoms with van der Waals surface area (Å²) in [6.45, 7) is 5.87. The largest absolute Gasteiger partial charge is 0.384 e. The van der Waals surface area contributed by atoms with Crippen molar-refractivity contribution in [3.8, 4) is 0 Å². The van der Waals surface area contributed by atoms with Gasteiger partial charge in [0.05, 0.1) is 6.20 Å². The number of hydrogen-bond acceptors (Lipinski definition) is 2. The summed E-state index contributed by atoms with van der Waals surface area (Å²) in [5.74, 6) is -0.342. The van der Waals surface area contributed by atoms with E-state index in [0.717, 1.165) is 5.56 Å². The molecule has 96 valence electrons. The van der Waals surface area contributed by atoms with Gasteiger partial charge in [0.1, 0.15) is 11.9 Å². The first-order chi connectivity index (χ1) is 8.49. The first kappa shape index (κ1) is 12.8. The smallest absolute Gasteiger partial charge is 0.123 e. The predicted molar refractivity (Wildman–Crippen MR) is 67.8 cm³/mol. The van der Waals surface area contributed by atoms with Crippen molar-refractivity contribution in [1.29, 1.82) is 0 Å². The summed E-state index contributed by atoms with van der Waals surface area (Å²) in [4.78, 5) is 0. The molecule has 18 heavy (non-hydrogen) atoms. The van der Waals surface area contributed by atoms with Gasteiger partial charge in [-0.15, -0.1) is 0 Å². The third-order valence-corrected chi connectivity index (χ3v) is 3.00. The zero-order valence-corrected chi connectivity index (χ0v) is 10.8. The first-order valence-electron chi connectivity index (χ1n) is 5.97. The number of aliphatic hydroxyl groups excluding tert-OH is 1. The highest BCUT2D eigenvalue weighted by Gasteiger charge is 2.16. The van der Waals surface area contributed by atoms with E-state index in [1.807, 2.05) is 20.8 Å². The lowest BCUT2D eigenvalue weighted by molar-refractivity contribution is 0.219. The van der Waals surface area contributed by atoms with Gasteiger partial charge in [-0.2, -0.15) is 5.10 Å². The van der Waals surface area contributed by atoms with E-state index >= 15 is 0 Å². The summed E-state index contributed by atoms with van der Waals surface area (Å²) in [7, 11) is 0. The van der Waals surface area contributed by atoms with Gasteiger partial charge in [0.25, 0.3) is 0 Å². The topological polar surface area (TPSA) is 38.1 Å². The summed E-state index contributed by atoms with van der Waals surface area (Å²) >= 11 is 0. The second-order valence-corrected chi connectivity index (χ2v) is 4.75. The van der Waals surface area contributed by atoms with Gasteiger partial charge in [-0.1, -0.05) is 6.07 Å². The lowest BCUT2D eigenvalue weighted by Crippen LogP contribution is -2.03. The highest BCUT2D eigenvalue weighted by molar-refractivity contribution is 5.34. The second kappa shape index (κ2) is 4.90. The summed E-state index contributed by atoms with van der Waals surface area (Å²) < 4.78 is 15.0. The van der Waals surface area contributed by atoms with Crippen LogP contribution in [0.3, 0.4) is 0 Å². The molecule has 0 radical (unpaired) electrons. The van der Waals surface area contributed by atoms with Gasteiger partial charge in [-0.05, 0) is 44.0 Å². The molecule has 0 aliphatic rings. The Hall–Kier alpha value is -1.68. The van der Waals surface area contributed by atoms with Crippen molar-refractivity contribution in [2.75, 3.05) is 0 Å². The quantitative estimate of drug-likeness (QED) is 0.906. The van der Waals surface area contributed by atoms with Crippen LogP contribution in [0.25, 0.3) is 0 Å². The molecule has 4 heteroatoms. The number of halogens is 1. The lowest BCUT2D eigenvalue weighted by atomic mass is 9.99. The van der Waals surface area contributed by atoms with Crippen LogP contribution in [-0.4, -0.2) is 14.9 Å². The molecule has 1 aromatic heterocycles. The van der Waals surface area contributed by atoms with Crippen molar-refractivity contribution in [2.24, 2.45) is 0 Å². The fourth-order valence-electron chi connectivity index (χ4n) is 1.86. The number of aliphatic hydroxyl groups is 1. The number of rotatable bonds is 3. The average Bonchev–Trinajstić information content (AvgIpc) is 2.81. The van der Waals surface area contributed by atoms with Crippen LogP contribution in [-0.2, 0) is 0 Å². The molecular formula is C14H17FN2O. The Kier molecular flexibility index (Phi) is 3.48. The van der Waals surface area contributed by atoms with Crippen molar-refractivity contribution in [3.63, 3.8) is 0 Å². The Morgan fingerprint density at radius 3 is 2.67 bits per heavy atom. The monoisotopic (exact) mass is 248 g/mol. The Bertz CT molecular complexity index is 548. The van der Waals surface area contributed by atoms with Gasteiger partial charge in [-0.3, -0.25) is 4.68 Å². The molecule has 0 saturated heterocycles. The molecule has 0 fully saturated rings. The number of nitrogens with zero attached hydrogens (tertiary/aromatic N) is 2. The molecule has 1 unspecified atom stereocenters. The molecule has 2 aromatic rings. The van der Waals surface area contributed by atoms with Crippen LogP contribution in [0.4, 0.5) is 4.39 Å². The van der Waals surface area contributed by atoms with E-state index in [-0.39, 0.29) is 11.9 Å². The van der Waals surface area contributed by atoms with E-state index in [1.54, 1.807) is 23.1 Å². The third-order valence-electron chi connectivity index (χ3n) is 3.00. The van der Waals surface area contributed by atoms with Crippen LogP contribution in [0, 0.1) is 12.7 Å². The third kappa shape index (κ3) is 2.43. The molecule has 1 N–H and O–H groups in total. The van der Waals surface area contributed by atoms with Crippen LogP contribution in [0.2, 0.25) is 0 Å². The van der Waals surface area contributed by atoms with Crippen molar-refractivity contribution in [1.82, 2.24) is 9.78 Å². The highest BCUT2D eigenvalue weighted by atomic mass is 19.1. The summed E-state index contributed by atoms with van der Waals surface area (Å²) in [5, 5.41) is 14.4. The summed E-state index contributed by atoms with van der Waals surface area (Å²) in [6.07, 6.45) is 2.57. The Morgan fingerprint density at radius 1 is 1.33 bits per heavy atom. The standard InChI is InChI=1S/C14H17FN2O/c1-9(2)17-8-11(7-16-17)14(18)13-6-12(15)5-4-10(13)3/h4-9,14,18H,1-3H3. The van der Waals surface area contributed by atoms with Gasteiger partial charge in [0, 0.05) is 17.8 Å². The zero-order valence-electron chi connectivity index (χ0n) is 10.8. The van der Waals surface area contributed by atoms with Crippen LogP contribution in [0.5, 0.6) is 0 Å². The number of hydrogen-bond donors (Lipinski definition) is 1. The zero-order chi connectivity index (χ0) is 13.3. The van der Waals surface area contributed by atoms with Gasteiger partial charge < -0.3 is 5.11 Å². The van der Waals surface area contributed by atoms with Crippen LogP contribution in [0.15, 0.2) is 30.6 Å². The molecule has 3 nitrogen and oxygen atoms in total. The summed E-state index contributed by atoms with van der Waals surface area (Å²) in [6, 6.07) is 4.66. The number of benzene rings is 1. The minimum atomic E-state index is -0.840. The van der Waals surface area contributed by atoms with Gasteiger partial charge in [0.2, 0.25) is 0 Å². The summed E-state index contributed by atoms with van der Waals surface area (Å²) in [5.41, 5.74) is 2.12. The molecule has 0 amide bonds. The van der Waals surface area contributed by atoms with Gasteiger partial charge >= 0.3 is 0 Å². The highest BCUT2D eigenvalue weighted by Crippen LogP contribution is 2.25. The average molecular weight is 248 g/mol. The SMILES string of the molecule is Cc1ccc(F)cc1C(O)c1cnn(C(C)C)c1. The number of aromatic nitrogens is 2. The molecule has 0 aliphatic heterocycles. The minimum Gasteiger partial charge on any atom is -0.384 e. The van der Waals surface area contributed by atoms with E-state index in [0.29, 0.717) is 11.1 Å². The maximum absolute atomic E-state index is 13.2. The molecule has 0 spiro atoms. The Balaban J connectivity index is 2.34. The Labute approximate surface area is 106 Å². The maximum atomic E-state index is 13.2. The maximum Gasteiger partial charge on any atom is 0.123 e. The minimum absolute atomic E-state index is 0.236. The number of aryl methyl sites for hydroxylation is 1. The molecule has 0 aliphatic carbocycles. The van der Waals surface area contributed by atoms with Crippen molar-refractivity contribution in [2.45, 2.75) is 32.9 Å². The van der Waals surface area contributed by atoms with Crippen molar-refractivity contribution >= 4 is 0 Å². The molecule has 2 rings (SSSR count). The fourth-order valence-corrected chi connectivity index (χ4v) is 1.86. The van der Waals surface area contributed by atoms with Crippen LogP contribution in [0.1, 0.15) is 42.7 Å². The molecule has 1 aromatic carbocycles. The van der Waals surface area contributed by atoms with Crippen LogP contribution < -0.4 is 0 Å². The molecule has 1 heterocycles. The predicted octanol–water partition coefficient (Wildman–Crippen LogP) is 2.99. The van der Waals surface area contributed by atoms with E-state index < -0.39 is 6.10 Å². The molecule has 0 saturated carbocycles. The molecular weight excluding hydrogens is 231 g/mol. The van der Waals surface area contributed by atoms with E-state index in [1.165, 1.54) is 12.1 Å². The molecule has 1 atom stereocenters. The van der Waals surface area contributed by atoms with E-state index in [4.69, 9.17) is 0 Å². The first-order valence-corrected chi connectivity index (χ1v) is 5.97. The van der Waals surface area contributed by atoms with Crippen molar-refractivity contribution in [3.05, 3.63) is 53.1 Å². The van der Waals surface area contributed by atoms with E-state index in [9.17, 15) is 9.50 Å². The normalized spacial score (nSPS) is 13.0. The second-order valence-electron chi connectivity index (χ2n) is 4.75.